The van der Waals surface area contributed by atoms with Gasteiger partial charge < -0.3 is 36.1 Å². The lowest BCUT2D eigenvalue weighted by atomic mass is 9.73. The molecule has 1 aromatic rings. The van der Waals surface area contributed by atoms with E-state index >= 15 is 0 Å². The standard InChI is InChI=1S/C40H63N3O8S/c1-2-3-6-13-28(17-18-29-32-21-26-12-11-16-36(50-25-37(45)46)33(26)22-27(32)23-35(29)44)51-40(49)31-15-8-7-14-30(31)38(47)43-34(24-41)39(48)42-19-9-4-5-10-20-52/h11-12,16,27-32,34-35,44,52H,2-10,13-15,17-25,41H2,1H3,(H,42,48)(H,43,47)(H,45,46)/t27-,28-,29+,30-,31+,32-,34?,35+/m0/s1. The normalized spacial score (nSPS) is 24.9. The van der Waals surface area contributed by atoms with Crippen molar-refractivity contribution in [3.8, 4) is 5.75 Å². The Morgan fingerprint density at radius 1 is 1.00 bits per heavy atom. The van der Waals surface area contributed by atoms with Crippen molar-refractivity contribution >= 4 is 36.4 Å². The summed E-state index contributed by atoms with van der Waals surface area (Å²) in [7, 11) is 0. The number of carbonyl (C=O) groups excluding carboxylic acids is 3. The van der Waals surface area contributed by atoms with Crippen LogP contribution in [0.1, 0.15) is 114 Å². The fourth-order valence-electron chi connectivity index (χ4n) is 8.76. The molecule has 8 atom stereocenters. The Labute approximate surface area is 315 Å². The molecule has 0 aromatic heterocycles. The van der Waals surface area contributed by atoms with E-state index in [1.807, 2.05) is 12.1 Å². The molecule has 2 amide bonds. The summed E-state index contributed by atoms with van der Waals surface area (Å²) in [5.74, 6) is -1.07. The molecule has 292 valence electrons. The maximum absolute atomic E-state index is 13.8. The Bertz CT molecular complexity index is 1310. The summed E-state index contributed by atoms with van der Waals surface area (Å²) in [6.07, 6.45) is 13.3. The Balaban J connectivity index is 1.35. The summed E-state index contributed by atoms with van der Waals surface area (Å²) < 4.78 is 11.9. The van der Waals surface area contributed by atoms with Crippen molar-refractivity contribution in [2.24, 2.45) is 35.3 Å². The van der Waals surface area contributed by atoms with Crippen LogP contribution in [-0.2, 0) is 36.8 Å². The zero-order valence-electron chi connectivity index (χ0n) is 31.1. The number of aliphatic hydroxyl groups is 1. The van der Waals surface area contributed by atoms with Crippen molar-refractivity contribution in [1.82, 2.24) is 10.6 Å². The second-order valence-electron chi connectivity index (χ2n) is 15.2. The van der Waals surface area contributed by atoms with Gasteiger partial charge in [0.05, 0.1) is 17.9 Å². The fraction of sp³-hybridized carbons (Fsp3) is 0.750. The fourth-order valence-corrected chi connectivity index (χ4v) is 8.98. The summed E-state index contributed by atoms with van der Waals surface area (Å²) in [5, 5.41) is 26.1. The lowest BCUT2D eigenvalue weighted by Crippen LogP contribution is -2.53. The van der Waals surface area contributed by atoms with E-state index < -0.39 is 30.0 Å². The van der Waals surface area contributed by atoms with Crippen LogP contribution in [-0.4, -0.2) is 77.7 Å². The van der Waals surface area contributed by atoms with E-state index in [0.29, 0.717) is 38.0 Å². The molecular formula is C40H63N3O8S. The largest absolute Gasteiger partial charge is 0.482 e. The molecule has 1 aromatic carbocycles. The quantitative estimate of drug-likeness (QED) is 0.0543. The average Bonchev–Trinajstić information content (AvgIpc) is 3.45. The molecule has 3 aliphatic carbocycles. The molecule has 0 aliphatic heterocycles. The van der Waals surface area contributed by atoms with Crippen molar-refractivity contribution in [1.29, 1.82) is 0 Å². The first kappa shape index (κ1) is 41.9. The first-order valence-electron chi connectivity index (χ1n) is 19.9. The van der Waals surface area contributed by atoms with Gasteiger partial charge in [-0.05, 0) is 111 Å². The number of nitrogens with one attached hydrogen (secondary N) is 2. The molecule has 52 heavy (non-hydrogen) atoms. The van der Waals surface area contributed by atoms with Gasteiger partial charge in [-0.2, -0.15) is 12.6 Å². The number of thiol groups is 1. The second-order valence-corrected chi connectivity index (χ2v) is 15.7. The number of benzene rings is 1. The van der Waals surface area contributed by atoms with Gasteiger partial charge in [0.15, 0.2) is 6.61 Å². The van der Waals surface area contributed by atoms with Crippen LogP contribution >= 0.6 is 12.6 Å². The Kier molecular flexibility index (Phi) is 17.5. The molecule has 0 heterocycles. The van der Waals surface area contributed by atoms with Crippen molar-refractivity contribution in [2.75, 3.05) is 25.4 Å². The number of aliphatic hydroxyl groups excluding tert-OH is 1. The summed E-state index contributed by atoms with van der Waals surface area (Å²) in [6, 6.07) is 4.94. The van der Waals surface area contributed by atoms with E-state index in [4.69, 9.17) is 20.3 Å². The number of carbonyl (C=O) groups is 4. The van der Waals surface area contributed by atoms with Gasteiger partial charge in [-0.1, -0.05) is 57.6 Å². The van der Waals surface area contributed by atoms with Crippen LogP contribution in [0, 0.1) is 29.6 Å². The maximum Gasteiger partial charge on any atom is 0.341 e. The van der Waals surface area contributed by atoms with Crippen molar-refractivity contribution in [3.05, 3.63) is 29.3 Å². The number of aliphatic carboxylic acids is 1. The molecule has 1 unspecified atom stereocenters. The smallest absolute Gasteiger partial charge is 0.341 e. The highest BCUT2D eigenvalue weighted by atomic mass is 32.1. The predicted molar refractivity (Wildman–Crippen MR) is 203 cm³/mol. The van der Waals surface area contributed by atoms with Crippen LogP contribution in [0.3, 0.4) is 0 Å². The van der Waals surface area contributed by atoms with Crippen LogP contribution < -0.4 is 21.1 Å². The molecule has 3 aliphatic rings. The average molecular weight is 746 g/mol. The third-order valence-corrected chi connectivity index (χ3v) is 11.9. The third kappa shape index (κ3) is 12.1. The minimum absolute atomic E-state index is 0.0291. The highest BCUT2D eigenvalue weighted by Crippen LogP contribution is 2.48. The van der Waals surface area contributed by atoms with Crippen LogP contribution in [0.15, 0.2) is 18.2 Å². The lowest BCUT2D eigenvalue weighted by Gasteiger charge is -2.33. The van der Waals surface area contributed by atoms with Gasteiger partial charge in [0.2, 0.25) is 11.8 Å². The molecular weight excluding hydrogens is 683 g/mol. The summed E-state index contributed by atoms with van der Waals surface area (Å²) in [4.78, 5) is 51.3. The lowest BCUT2D eigenvalue weighted by molar-refractivity contribution is -0.161. The van der Waals surface area contributed by atoms with Crippen LogP contribution in [0.5, 0.6) is 5.75 Å². The van der Waals surface area contributed by atoms with Gasteiger partial charge in [-0.3, -0.25) is 14.4 Å². The zero-order valence-corrected chi connectivity index (χ0v) is 32.0. The topological polar surface area (TPSA) is 177 Å². The first-order valence-corrected chi connectivity index (χ1v) is 20.5. The van der Waals surface area contributed by atoms with Gasteiger partial charge in [-0.25, -0.2) is 4.79 Å². The van der Waals surface area contributed by atoms with Crippen molar-refractivity contribution in [3.63, 3.8) is 0 Å². The first-order chi connectivity index (χ1) is 25.2. The van der Waals surface area contributed by atoms with Crippen LogP contribution in [0.25, 0.3) is 0 Å². The summed E-state index contributed by atoms with van der Waals surface area (Å²) in [6.45, 7) is 2.24. The number of unbranched alkanes of at least 4 members (excludes halogenated alkanes) is 5. The summed E-state index contributed by atoms with van der Waals surface area (Å²) >= 11 is 4.23. The molecule has 6 N–H and O–H groups in total. The third-order valence-electron chi connectivity index (χ3n) is 11.6. The maximum atomic E-state index is 13.8. The van der Waals surface area contributed by atoms with E-state index in [1.54, 1.807) is 0 Å². The molecule has 12 heteroatoms. The zero-order chi connectivity index (χ0) is 37.5. The monoisotopic (exact) mass is 745 g/mol. The van der Waals surface area contributed by atoms with Crippen LogP contribution in [0.2, 0.25) is 0 Å². The van der Waals surface area contributed by atoms with E-state index in [0.717, 1.165) is 100 Å². The molecule has 2 fully saturated rings. The molecule has 2 saturated carbocycles. The number of rotatable bonds is 22. The number of hydrogen-bond donors (Lipinski definition) is 6. The highest BCUT2D eigenvalue weighted by molar-refractivity contribution is 7.80. The van der Waals surface area contributed by atoms with Crippen molar-refractivity contribution < 1.29 is 38.9 Å². The second kappa shape index (κ2) is 21.8. The molecule has 11 nitrogen and oxygen atoms in total. The van der Waals surface area contributed by atoms with Gasteiger partial charge >= 0.3 is 11.9 Å². The number of esters is 1. The van der Waals surface area contributed by atoms with Gasteiger partial charge in [-0.15, -0.1) is 0 Å². The van der Waals surface area contributed by atoms with E-state index in [2.05, 4.69) is 36.3 Å². The van der Waals surface area contributed by atoms with E-state index in [1.165, 1.54) is 0 Å². The minimum atomic E-state index is -1.01. The number of hydrogen-bond acceptors (Lipinski definition) is 9. The minimum Gasteiger partial charge on any atom is -0.482 e. The molecule has 0 bridgehead atoms. The molecule has 0 spiro atoms. The van der Waals surface area contributed by atoms with E-state index in [-0.39, 0.29) is 54.8 Å². The van der Waals surface area contributed by atoms with Crippen LogP contribution in [0.4, 0.5) is 0 Å². The van der Waals surface area contributed by atoms with Crippen molar-refractivity contribution in [2.45, 2.75) is 134 Å². The SMILES string of the molecule is CCCCC[C@@H](CC[C@@H]1[C@H]2Cc3cccc(OCC(=O)O)c3C[C@H]2C[C@H]1O)OC(=O)[C@@H]1CCCC[C@@H]1C(=O)NC(CN)C(=O)NCCCCCCS. The Morgan fingerprint density at radius 2 is 1.77 bits per heavy atom. The number of fused-ring (bicyclic) bond motifs is 2. The number of nitrogens with two attached hydrogens (primary N) is 1. The Hall–Kier alpha value is -2.83. The number of carboxylic acids is 1. The van der Waals surface area contributed by atoms with Gasteiger partial charge in [0.25, 0.3) is 0 Å². The van der Waals surface area contributed by atoms with Gasteiger partial charge in [0, 0.05) is 13.1 Å². The Morgan fingerprint density at radius 3 is 2.50 bits per heavy atom. The summed E-state index contributed by atoms with van der Waals surface area (Å²) in [5.41, 5.74) is 8.10. The molecule has 0 saturated heterocycles. The number of amides is 2. The van der Waals surface area contributed by atoms with E-state index in [9.17, 15) is 24.3 Å². The predicted octanol–water partition coefficient (Wildman–Crippen LogP) is 4.99. The van der Waals surface area contributed by atoms with Gasteiger partial charge in [0.1, 0.15) is 17.9 Å². The number of carboxylic acid groups (broad SMARTS) is 1. The molecule has 0 radical (unpaired) electrons. The molecule has 4 rings (SSSR count). The number of ether oxygens (including phenoxy) is 2. The highest BCUT2D eigenvalue weighted by Gasteiger charge is 2.45.